The van der Waals surface area contributed by atoms with Crippen molar-refractivity contribution < 1.29 is 9.53 Å². The average Bonchev–Trinajstić information content (AvgIpc) is 2.85. The van der Waals surface area contributed by atoms with E-state index in [4.69, 9.17) is 4.74 Å². The summed E-state index contributed by atoms with van der Waals surface area (Å²) in [7, 11) is 0. The normalized spacial score (nSPS) is 15.5. The molecule has 0 aliphatic heterocycles. The summed E-state index contributed by atoms with van der Waals surface area (Å²) in [5.41, 5.74) is 2.14. The van der Waals surface area contributed by atoms with Gasteiger partial charge in [-0.05, 0) is 49.9 Å². The summed E-state index contributed by atoms with van der Waals surface area (Å²) >= 11 is 3.48. The number of rotatable bonds is 4. The summed E-state index contributed by atoms with van der Waals surface area (Å²) < 4.78 is 6.67. The molecule has 0 atom stereocenters. The molecule has 0 unspecified atom stereocenters. The molecule has 0 radical (unpaired) electrons. The highest BCUT2D eigenvalue weighted by molar-refractivity contribution is 9.10. The van der Waals surface area contributed by atoms with E-state index in [0.717, 1.165) is 34.2 Å². The van der Waals surface area contributed by atoms with Crippen molar-refractivity contribution in [3.8, 4) is 5.75 Å². The monoisotopic (exact) mass is 325 g/mol. The SMILES string of the molecule is Cc1cc(OCC(=O)NC2CCCC2)c(C)cc1Br. The molecule has 1 N–H and O–H groups in total. The van der Waals surface area contributed by atoms with Gasteiger partial charge in [0.15, 0.2) is 6.61 Å². The molecular formula is C15H20BrNO2. The Bertz CT molecular complexity index is 467. The van der Waals surface area contributed by atoms with E-state index in [1.165, 1.54) is 12.8 Å². The number of carbonyl (C=O) groups excluding carboxylic acids is 1. The van der Waals surface area contributed by atoms with Gasteiger partial charge in [0.05, 0.1) is 0 Å². The highest BCUT2D eigenvalue weighted by atomic mass is 79.9. The molecule has 3 nitrogen and oxygen atoms in total. The summed E-state index contributed by atoms with van der Waals surface area (Å²) in [6, 6.07) is 4.32. The maximum atomic E-state index is 11.8. The second-order valence-electron chi connectivity index (χ2n) is 5.20. The quantitative estimate of drug-likeness (QED) is 0.920. The number of aryl methyl sites for hydroxylation is 2. The third-order valence-electron chi connectivity index (χ3n) is 3.54. The van der Waals surface area contributed by atoms with Gasteiger partial charge in [0.25, 0.3) is 5.91 Å². The second-order valence-corrected chi connectivity index (χ2v) is 6.06. The number of nitrogens with one attached hydrogen (secondary N) is 1. The minimum atomic E-state index is -0.0214. The van der Waals surface area contributed by atoms with Crippen molar-refractivity contribution in [2.45, 2.75) is 45.6 Å². The second kappa shape index (κ2) is 6.42. The number of amides is 1. The van der Waals surface area contributed by atoms with Crippen LogP contribution in [0.1, 0.15) is 36.8 Å². The minimum Gasteiger partial charge on any atom is -0.483 e. The van der Waals surface area contributed by atoms with E-state index in [1.54, 1.807) is 0 Å². The molecule has 1 fully saturated rings. The van der Waals surface area contributed by atoms with Crippen molar-refractivity contribution in [2.75, 3.05) is 6.61 Å². The van der Waals surface area contributed by atoms with Crippen molar-refractivity contribution in [1.29, 1.82) is 0 Å². The molecule has 19 heavy (non-hydrogen) atoms. The van der Waals surface area contributed by atoms with Gasteiger partial charge < -0.3 is 10.1 Å². The molecule has 1 amide bonds. The number of ether oxygens (including phenoxy) is 1. The van der Waals surface area contributed by atoms with Crippen LogP contribution in [0.5, 0.6) is 5.75 Å². The molecule has 0 heterocycles. The third-order valence-corrected chi connectivity index (χ3v) is 4.39. The first-order valence-corrected chi connectivity index (χ1v) is 7.54. The van der Waals surface area contributed by atoms with Crippen LogP contribution in [0.4, 0.5) is 0 Å². The van der Waals surface area contributed by atoms with Crippen LogP contribution >= 0.6 is 15.9 Å². The van der Waals surface area contributed by atoms with Crippen LogP contribution in [0.25, 0.3) is 0 Å². The number of benzene rings is 1. The lowest BCUT2D eigenvalue weighted by atomic mass is 10.1. The lowest BCUT2D eigenvalue weighted by Crippen LogP contribution is -2.36. The fourth-order valence-corrected chi connectivity index (χ4v) is 2.85. The Kier molecular flexibility index (Phi) is 4.86. The summed E-state index contributed by atoms with van der Waals surface area (Å²) in [5.74, 6) is 0.758. The van der Waals surface area contributed by atoms with Crippen LogP contribution in [0.15, 0.2) is 16.6 Å². The Morgan fingerprint density at radius 2 is 2.00 bits per heavy atom. The summed E-state index contributed by atoms with van der Waals surface area (Å²) in [5, 5.41) is 3.02. The van der Waals surface area contributed by atoms with E-state index in [9.17, 15) is 4.79 Å². The number of halogens is 1. The lowest BCUT2D eigenvalue weighted by molar-refractivity contribution is -0.123. The summed E-state index contributed by atoms with van der Waals surface area (Å²) in [4.78, 5) is 11.8. The lowest BCUT2D eigenvalue weighted by Gasteiger charge is -2.14. The average molecular weight is 326 g/mol. The minimum absolute atomic E-state index is 0.0214. The van der Waals surface area contributed by atoms with Crippen molar-refractivity contribution in [3.05, 3.63) is 27.7 Å². The molecule has 0 spiro atoms. The molecule has 1 aliphatic rings. The van der Waals surface area contributed by atoms with E-state index in [2.05, 4.69) is 21.2 Å². The molecule has 1 aromatic rings. The largest absolute Gasteiger partial charge is 0.483 e. The van der Waals surface area contributed by atoms with Crippen molar-refractivity contribution >= 4 is 21.8 Å². The zero-order chi connectivity index (χ0) is 13.8. The molecule has 104 valence electrons. The molecule has 1 aromatic carbocycles. The first kappa shape index (κ1) is 14.4. The highest BCUT2D eigenvalue weighted by Gasteiger charge is 2.17. The zero-order valence-corrected chi connectivity index (χ0v) is 13.0. The van der Waals surface area contributed by atoms with Crippen LogP contribution in [0.2, 0.25) is 0 Å². The van der Waals surface area contributed by atoms with E-state index in [-0.39, 0.29) is 12.5 Å². The molecule has 4 heteroatoms. The Morgan fingerprint density at radius 1 is 1.32 bits per heavy atom. The van der Waals surface area contributed by atoms with Gasteiger partial charge >= 0.3 is 0 Å². The van der Waals surface area contributed by atoms with E-state index >= 15 is 0 Å². The van der Waals surface area contributed by atoms with Gasteiger partial charge in [-0.2, -0.15) is 0 Å². The predicted octanol–water partition coefficient (Wildman–Crippen LogP) is 3.50. The fourth-order valence-electron chi connectivity index (χ4n) is 2.39. The highest BCUT2D eigenvalue weighted by Crippen LogP contribution is 2.26. The molecule has 0 aromatic heterocycles. The van der Waals surface area contributed by atoms with Gasteiger partial charge in [-0.1, -0.05) is 28.8 Å². The van der Waals surface area contributed by atoms with Crippen LogP contribution in [0.3, 0.4) is 0 Å². The molecule has 2 rings (SSSR count). The number of carbonyl (C=O) groups is 1. The first-order chi connectivity index (χ1) is 9.06. The molecular weight excluding hydrogens is 306 g/mol. The maximum absolute atomic E-state index is 11.8. The van der Waals surface area contributed by atoms with Crippen LogP contribution in [-0.2, 0) is 4.79 Å². The first-order valence-electron chi connectivity index (χ1n) is 6.75. The zero-order valence-electron chi connectivity index (χ0n) is 11.5. The molecule has 1 saturated carbocycles. The topological polar surface area (TPSA) is 38.3 Å². The van der Waals surface area contributed by atoms with E-state index in [0.29, 0.717) is 6.04 Å². The van der Waals surface area contributed by atoms with Gasteiger partial charge in [0.1, 0.15) is 5.75 Å². The molecule has 0 saturated heterocycles. The van der Waals surface area contributed by atoms with Gasteiger partial charge in [-0.3, -0.25) is 4.79 Å². The Labute approximate surface area is 122 Å². The van der Waals surface area contributed by atoms with Crippen LogP contribution < -0.4 is 10.1 Å². The van der Waals surface area contributed by atoms with Crippen LogP contribution in [-0.4, -0.2) is 18.6 Å². The number of hydrogen-bond donors (Lipinski definition) is 1. The van der Waals surface area contributed by atoms with Gasteiger partial charge in [-0.25, -0.2) is 0 Å². The Morgan fingerprint density at radius 3 is 2.68 bits per heavy atom. The van der Waals surface area contributed by atoms with Gasteiger partial charge in [0, 0.05) is 10.5 Å². The summed E-state index contributed by atoms with van der Waals surface area (Å²) in [6.07, 6.45) is 4.64. The molecule has 1 aliphatic carbocycles. The van der Waals surface area contributed by atoms with Crippen LogP contribution in [0, 0.1) is 13.8 Å². The Balaban J connectivity index is 1.87. The van der Waals surface area contributed by atoms with Crippen molar-refractivity contribution in [3.63, 3.8) is 0 Å². The van der Waals surface area contributed by atoms with Gasteiger partial charge in [0.2, 0.25) is 0 Å². The maximum Gasteiger partial charge on any atom is 0.258 e. The third kappa shape index (κ3) is 3.96. The fraction of sp³-hybridized carbons (Fsp3) is 0.533. The number of hydrogen-bond acceptors (Lipinski definition) is 2. The Hall–Kier alpha value is -1.03. The predicted molar refractivity (Wildman–Crippen MR) is 79.5 cm³/mol. The molecule has 0 bridgehead atoms. The summed E-state index contributed by atoms with van der Waals surface area (Å²) in [6.45, 7) is 4.09. The smallest absolute Gasteiger partial charge is 0.258 e. The van der Waals surface area contributed by atoms with E-state index < -0.39 is 0 Å². The van der Waals surface area contributed by atoms with Crippen molar-refractivity contribution in [1.82, 2.24) is 5.32 Å². The van der Waals surface area contributed by atoms with Crippen molar-refractivity contribution in [2.24, 2.45) is 0 Å². The standard InChI is InChI=1S/C15H20BrNO2/c1-10-8-14(11(2)7-13(10)16)19-9-15(18)17-12-5-3-4-6-12/h7-8,12H,3-6,9H2,1-2H3,(H,17,18). The van der Waals surface area contributed by atoms with E-state index in [1.807, 2.05) is 26.0 Å². The van der Waals surface area contributed by atoms with Gasteiger partial charge in [-0.15, -0.1) is 0 Å².